The lowest BCUT2D eigenvalue weighted by Crippen LogP contribution is -2.27. The fourth-order valence-electron chi connectivity index (χ4n) is 5.59. The number of hydrogen-bond donors (Lipinski definition) is 4. The van der Waals surface area contributed by atoms with Crippen molar-refractivity contribution in [1.29, 1.82) is 0 Å². The summed E-state index contributed by atoms with van der Waals surface area (Å²) in [6, 6.07) is 15.3. The van der Waals surface area contributed by atoms with Gasteiger partial charge in [0.05, 0.1) is 26.4 Å². The summed E-state index contributed by atoms with van der Waals surface area (Å²) < 4.78 is 1.23. The van der Waals surface area contributed by atoms with Crippen LogP contribution in [-0.4, -0.2) is 21.6 Å². The molecule has 1 heterocycles. The van der Waals surface area contributed by atoms with Gasteiger partial charge in [-0.2, -0.15) is 0 Å². The van der Waals surface area contributed by atoms with Gasteiger partial charge >= 0.3 is 0 Å². The fraction of sp³-hybridized carbons (Fsp3) is 0.425. The Kier molecular flexibility index (Phi) is 16.5. The molecular weight excluding hydrogens is 772 g/mol. The second-order valence-electron chi connectivity index (χ2n) is 14.1. The Morgan fingerprint density at radius 1 is 0.755 bits per heavy atom. The molecule has 0 fully saturated rings. The molecule has 0 radical (unpaired) electrons. The van der Waals surface area contributed by atoms with Crippen molar-refractivity contribution in [2.24, 2.45) is 5.41 Å². The lowest BCUT2D eigenvalue weighted by atomic mass is 9.95. The first kappa shape index (κ1) is 42.7. The molecule has 0 aliphatic carbocycles. The van der Waals surface area contributed by atoms with E-state index in [1.807, 2.05) is 32.9 Å². The number of benzene rings is 3. The zero-order chi connectivity index (χ0) is 38.5. The molecule has 3 aromatic carbocycles. The molecule has 0 spiro atoms. The molecule has 0 aliphatic rings. The third-order valence-corrected chi connectivity index (χ3v) is 10.9. The number of H-pyrrole nitrogens is 1. The van der Waals surface area contributed by atoms with Gasteiger partial charge in [0.15, 0.2) is 0 Å². The summed E-state index contributed by atoms with van der Waals surface area (Å²) in [6.07, 6.45) is 13.8. The zero-order valence-electron chi connectivity index (χ0n) is 30.8. The van der Waals surface area contributed by atoms with E-state index in [-0.39, 0.29) is 38.3 Å². The van der Waals surface area contributed by atoms with Gasteiger partial charge in [-0.3, -0.25) is 19.5 Å². The van der Waals surface area contributed by atoms with E-state index in [1.54, 1.807) is 30.3 Å². The summed E-state index contributed by atoms with van der Waals surface area (Å²) in [5.41, 5.74) is 0.641. The first-order valence-electron chi connectivity index (χ1n) is 18.2. The maximum absolute atomic E-state index is 14.2. The van der Waals surface area contributed by atoms with E-state index >= 15 is 0 Å². The van der Waals surface area contributed by atoms with Crippen molar-refractivity contribution in [2.75, 3.05) is 16.0 Å². The highest BCUT2D eigenvalue weighted by atomic mass is 35.5. The molecular formula is C40H49Cl4N5O3S. The van der Waals surface area contributed by atoms with Gasteiger partial charge in [0.25, 0.3) is 5.56 Å². The highest BCUT2D eigenvalue weighted by molar-refractivity contribution is 7.99. The minimum Gasteiger partial charge on any atom is -0.338 e. The average Bonchev–Trinajstić information content (AvgIpc) is 3.38. The van der Waals surface area contributed by atoms with Gasteiger partial charge in [0.2, 0.25) is 11.8 Å². The van der Waals surface area contributed by atoms with Crippen LogP contribution in [0.1, 0.15) is 105 Å². The summed E-state index contributed by atoms with van der Waals surface area (Å²) in [5.74, 6) is 0.0283. The monoisotopic (exact) mass is 819 g/mol. The molecule has 2 amide bonds. The van der Waals surface area contributed by atoms with Crippen LogP contribution in [0.25, 0.3) is 5.69 Å². The number of anilines is 4. The van der Waals surface area contributed by atoms with Crippen LogP contribution in [-0.2, 0) is 9.59 Å². The van der Waals surface area contributed by atoms with Gasteiger partial charge in [-0.1, -0.05) is 162 Å². The summed E-state index contributed by atoms with van der Waals surface area (Å²) in [6.45, 7) is 7.71. The first-order valence-corrected chi connectivity index (χ1v) is 20.6. The van der Waals surface area contributed by atoms with Crippen molar-refractivity contribution in [1.82, 2.24) is 9.78 Å². The maximum Gasteiger partial charge on any atom is 0.287 e. The van der Waals surface area contributed by atoms with Crippen LogP contribution in [0.2, 0.25) is 20.1 Å². The largest absolute Gasteiger partial charge is 0.338 e. The molecule has 4 aromatic rings. The lowest BCUT2D eigenvalue weighted by molar-refractivity contribution is -0.123. The Labute approximate surface area is 337 Å². The Hall–Kier alpha value is -3.08. The van der Waals surface area contributed by atoms with Gasteiger partial charge in [-0.25, -0.2) is 4.68 Å². The van der Waals surface area contributed by atoms with Crippen LogP contribution in [0.3, 0.4) is 0 Å². The zero-order valence-corrected chi connectivity index (χ0v) is 34.6. The predicted octanol–water partition coefficient (Wildman–Crippen LogP) is 13.3. The van der Waals surface area contributed by atoms with Crippen molar-refractivity contribution in [3.8, 4) is 5.69 Å². The summed E-state index contributed by atoms with van der Waals surface area (Å²) in [5, 5.41) is 13.3. The Bertz CT molecular complexity index is 1900. The number of halogens is 4. The van der Waals surface area contributed by atoms with Gasteiger partial charge in [-0.15, -0.1) is 0 Å². The molecule has 286 valence electrons. The molecule has 53 heavy (non-hydrogen) atoms. The van der Waals surface area contributed by atoms with Gasteiger partial charge < -0.3 is 16.0 Å². The van der Waals surface area contributed by atoms with Crippen molar-refractivity contribution in [3.63, 3.8) is 0 Å². The van der Waals surface area contributed by atoms with Gasteiger partial charge in [-0.05, 0) is 48.9 Å². The molecule has 4 N–H and O–H groups in total. The predicted molar refractivity (Wildman–Crippen MR) is 225 cm³/mol. The molecule has 0 unspecified atom stereocenters. The number of aromatic amines is 1. The maximum atomic E-state index is 14.2. The van der Waals surface area contributed by atoms with Crippen molar-refractivity contribution in [3.05, 3.63) is 85.0 Å². The van der Waals surface area contributed by atoms with E-state index in [0.717, 1.165) is 31.0 Å². The summed E-state index contributed by atoms with van der Waals surface area (Å²) in [4.78, 5) is 40.8. The fourth-order valence-corrected chi connectivity index (χ4v) is 7.72. The number of aromatic nitrogens is 2. The first-order chi connectivity index (χ1) is 25.3. The van der Waals surface area contributed by atoms with Crippen molar-refractivity contribution >= 4 is 92.9 Å². The van der Waals surface area contributed by atoms with E-state index < -0.39 is 11.0 Å². The number of nitrogens with one attached hydrogen (secondary N) is 4. The lowest BCUT2D eigenvalue weighted by Gasteiger charge is -2.19. The van der Waals surface area contributed by atoms with Crippen LogP contribution >= 0.6 is 58.2 Å². The Morgan fingerprint density at radius 3 is 1.98 bits per heavy atom. The number of amides is 2. The summed E-state index contributed by atoms with van der Waals surface area (Å²) >= 11 is 27.1. The minimum absolute atomic E-state index is 0.0778. The quantitative estimate of drug-likeness (QED) is 0.0705. The Morgan fingerprint density at radius 2 is 1.36 bits per heavy atom. The van der Waals surface area contributed by atoms with E-state index in [9.17, 15) is 14.4 Å². The highest BCUT2D eigenvalue weighted by Crippen LogP contribution is 2.39. The molecule has 0 atom stereocenters. The number of carbonyl (C=O) groups is 2. The molecule has 8 nitrogen and oxygen atoms in total. The molecule has 4 rings (SSSR count). The van der Waals surface area contributed by atoms with E-state index in [2.05, 4.69) is 28.0 Å². The number of hydrogen-bond acceptors (Lipinski definition) is 5. The van der Waals surface area contributed by atoms with Crippen LogP contribution < -0.4 is 21.5 Å². The normalized spacial score (nSPS) is 11.5. The van der Waals surface area contributed by atoms with Gasteiger partial charge in [0, 0.05) is 27.4 Å². The molecule has 1 aromatic heterocycles. The molecule has 0 saturated carbocycles. The van der Waals surface area contributed by atoms with Crippen molar-refractivity contribution < 1.29 is 9.59 Å². The number of carbonyl (C=O) groups excluding carboxylic acids is 2. The molecule has 0 saturated heterocycles. The van der Waals surface area contributed by atoms with Crippen LogP contribution in [0.5, 0.6) is 0 Å². The number of unbranched alkanes of at least 4 members (excludes halogenated alkanes) is 10. The van der Waals surface area contributed by atoms with E-state index in [4.69, 9.17) is 46.4 Å². The average molecular weight is 822 g/mol. The topological polar surface area (TPSA) is 108 Å². The van der Waals surface area contributed by atoms with Gasteiger partial charge in [0.1, 0.15) is 16.4 Å². The van der Waals surface area contributed by atoms with Crippen LogP contribution in [0.15, 0.2) is 69.2 Å². The van der Waals surface area contributed by atoms with Crippen LogP contribution in [0, 0.1) is 5.41 Å². The van der Waals surface area contributed by atoms with Crippen molar-refractivity contribution in [2.45, 2.75) is 115 Å². The van der Waals surface area contributed by atoms with E-state index in [1.165, 1.54) is 68.2 Å². The number of rotatable bonds is 19. The minimum atomic E-state index is -0.641. The summed E-state index contributed by atoms with van der Waals surface area (Å²) in [7, 11) is 0. The molecule has 0 aliphatic heterocycles. The second kappa shape index (κ2) is 20.6. The third-order valence-electron chi connectivity index (χ3n) is 8.60. The molecule has 13 heteroatoms. The van der Waals surface area contributed by atoms with E-state index in [0.29, 0.717) is 38.4 Å². The Balaban J connectivity index is 1.52. The van der Waals surface area contributed by atoms with Crippen LogP contribution in [0.4, 0.5) is 22.9 Å². The molecule has 0 bridgehead atoms. The smallest absolute Gasteiger partial charge is 0.287 e. The second-order valence-corrected chi connectivity index (χ2v) is 16.8. The number of nitrogens with zero attached hydrogens (tertiary/aromatic N) is 1. The third kappa shape index (κ3) is 12.7. The number of para-hydroxylation sites is 1. The highest BCUT2D eigenvalue weighted by Gasteiger charge is 2.25. The SMILES string of the molecule is CCCCCCCCCCCCCC(=O)Nc1ccc(Cl)c(Nc2[nH]n(-c3c(Cl)cc(Cl)cc3Cl)c(=O)c2Sc2ccccc2NC(=O)C(C)(C)C)c1. The standard InChI is InChI=1S/C40H49Cl4N5O3S/c1-5-6-7-8-9-10-11-12-13-14-15-20-34(50)45-27-21-22-28(42)32(25-27)46-37-36(38(51)49(48-37)35-29(43)23-26(41)24-30(35)44)53-33-19-17-16-18-31(33)47-39(52)40(2,3)4/h16-19,21-25,46,48H,5-15,20H2,1-4H3,(H,45,50)(H,47,52).